The van der Waals surface area contributed by atoms with E-state index >= 15 is 0 Å². The highest BCUT2D eigenvalue weighted by Gasteiger charge is 2.28. The molecule has 0 aromatic heterocycles. The van der Waals surface area contributed by atoms with E-state index in [9.17, 15) is 0 Å². The Morgan fingerprint density at radius 1 is 1.06 bits per heavy atom. The van der Waals surface area contributed by atoms with Crippen LogP contribution in [0.1, 0.15) is 58.3 Å². The first-order valence-electron chi connectivity index (χ1n) is 7.27. The topological polar surface area (TPSA) is 38.0 Å². The first-order chi connectivity index (χ1) is 7.81. The summed E-state index contributed by atoms with van der Waals surface area (Å²) in [5.74, 6) is 1.66. The first-order valence-corrected chi connectivity index (χ1v) is 7.27. The molecule has 2 aliphatic rings. The van der Waals surface area contributed by atoms with Crippen LogP contribution < -0.4 is 11.1 Å². The molecule has 2 heteroatoms. The third-order valence-electron chi connectivity index (χ3n) is 4.80. The van der Waals surface area contributed by atoms with Crippen LogP contribution in [0, 0.1) is 11.8 Å². The van der Waals surface area contributed by atoms with Crippen molar-refractivity contribution < 1.29 is 0 Å². The highest BCUT2D eigenvalue weighted by Crippen LogP contribution is 2.30. The van der Waals surface area contributed by atoms with Crippen molar-refractivity contribution in [3.63, 3.8) is 0 Å². The second kappa shape index (κ2) is 6.02. The van der Waals surface area contributed by atoms with E-state index in [1.807, 2.05) is 0 Å². The zero-order valence-corrected chi connectivity index (χ0v) is 10.8. The van der Waals surface area contributed by atoms with Crippen LogP contribution in [0.2, 0.25) is 0 Å². The SMILES string of the molecule is C[C@@H](NC1CCCCC1CN)C1CCCC1. The van der Waals surface area contributed by atoms with E-state index in [0.717, 1.165) is 18.4 Å². The van der Waals surface area contributed by atoms with Gasteiger partial charge in [-0.25, -0.2) is 0 Å². The molecule has 2 nitrogen and oxygen atoms in total. The third kappa shape index (κ3) is 2.98. The summed E-state index contributed by atoms with van der Waals surface area (Å²) in [5.41, 5.74) is 5.88. The van der Waals surface area contributed by atoms with Crippen molar-refractivity contribution in [2.24, 2.45) is 17.6 Å². The standard InChI is InChI=1S/C14H28N2/c1-11(12-6-2-3-7-12)16-14-9-5-4-8-13(14)10-15/h11-14,16H,2-10,15H2,1H3/t11-,13?,14?/m1/s1. The lowest BCUT2D eigenvalue weighted by atomic mass is 9.83. The van der Waals surface area contributed by atoms with Gasteiger partial charge in [0.15, 0.2) is 0 Å². The zero-order chi connectivity index (χ0) is 11.4. The Kier molecular flexibility index (Phi) is 4.66. The van der Waals surface area contributed by atoms with Gasteiger partial charge in [-0.3, -0.25) is 0 Å². The van der Waals surface area contributed by atoms with Crippen molar-refractivity contribution in [3.8, 4) is 0 Å². The third-order valence-corrected chi connectivity index (χ3v) is 4.80. The van der Waals surface area contributed by atoms with E-state index in [1.54, 1.807) is 0 Å². The number of rotatable bonds is 4. The summed E-state index contributed by atoms with van der Waals surface area (Å²) in [5, 5.41) is 3.88. The number of hydrogen-bond acceptors (Lipinski definition) is 2. The highest BCUT2D eigenvalue weighted by molar-refractivity contribution is 4.86. The lowest BCUT2D eigenvalue weighted by molar-refractivity contribution is 0.227. The Hall–Kier alpha value is -0.0800. The van der Waals surface area contributed by atoms with Gasteiger partial charge in [-0.05, 0) is 51.0 Å². The van der Waals surface area contributed by atoms with Gasteiger partial charge in [0.05, 0.1) is 0 Å². The van der Waals surface area contributed by atoms with E-state index in [0.29, 0.717) is 12.1 Å². The molecule has 0 spiro atoms. The number of nitrogens with one attached hydrogen (secondary N) is 1. The van der Waals surface area contributed by atoms with Gasteiger partial charge >= 0.3 is 0 Å². The van der Waals surface area contributed by atoms with Crippen LogP contribution >= 0.6 is 0 Å². The smallest absolute Gasteiger partial charge is 0.0110 e. The summed E-state index contributed by atoms with van der Waals surface area (Å²) < 4.78 is 0. The fraction of sp³-hybridized carbons (Fsp3) is 1.00. The van der Waals surface area contributed by atoms with Crippen molar-refractivity contribution in [2.45, 2.75) is 70.4 Å². The monoisotopic (exact) mass is 224 g/mol. The largest absolute Gasteiger partial charge is 0.330 e. The van der Waals surface area contributed by atoms with Crippen molar-refractivity contribution in [3.05, 3.63) is 0 Å². The molecule has 0 aromatic rings. The molecule has 94 valence electrons. The van der Waals surface area contributed by atoms with Gasteiger partial charge in [-0.15, -0.1) is 0 Å². The van der Waals surface area contributed by atoms with Crippen LogP contribution in [0.25, 0.3) is 0 Å². The molecule has 0 amide bonds. The van der Waals surface area contributed by atoms with Crippen LogP contribution in [-0.2, 0) is 0 Å². The Bertz CT molecular complexity index is 199. The quantitative estimate of drug-likeness (QED) is 0.770. The second-order valence-electron chi connectivity index (χ2n) is 5.89. The number of nitrogens with two attached hydrogens (primary N) is 1. The van der Waals surface area contributed by atoms with Gasteiger partial charge in [0, 0.05) is 12.1 Å². The first kappa shape index (κ1) is 12.4. The average molecular weight is 224 g/mol. The molecule has 0 heterocycles. The van der Waals surface area contributed by atoms with E-state index in [4.69, 9.17) is 5.73 Å². The van der Waals surface area contributed by atoms with E-state index in [-0.39, 0.29) is 0 Å². The lowest BCUT2D eigenvalue weighted by Gasteiger charge is -2.35. The maximum Gasteiger partial charge on any atom is 0.0110 e. The maximum atomic E-state index is 5.88. The average Bonchev–Trinajstić information content (AvgIpc) is 2.83. The Labute approximate surface area is 100 Å². The summed E-state index contributed by atoms with van der Waals surface area (Å²) >= 11 is 0. The molecule has 2 saturated carbocycles. The van der Waals surface area contributed by atoms with Crippen LogP contribution in [0.5, 0.6) is 0 Å². The summed E-state index contributed by atoms with van der Waals surface area (Å²) in [6.45, 7) is 3.26. The summed E-state index contributed by atoms with van der Waals surface area (Å²) in [4.78, 5) is 0. The van der Waals surface area contributed by atoms with Gasteiger partial charge < -0.3 is 11.1 Å². The van der Waals surface area contributed by atoms with E-state index in [1.165, 1.54) is 51.4 Å². The molecule has 3 N–H and O–H groups in total. The Morgan fingerprint density at radius 2 is 1.69 bits per heavy atom. The molecule has 0 saturated heterocycles. The molecule has 0 radical (unpaired) electrons. The van der Waals surface area contributed by atoms with Crippen molar-refractivity contribution >= 4 is 0 Å². The second-order valence-corrected chi connectivity index (χ2v) is 5.89. The molecular formula is C14H28N2. The van der Waals surface area contributed by atoms with Gasteiger partial charge in [-0.1, -0.05) is 25.7 Å². The normalized spacial score (nSPS) is 34.1. The Morgan fingerprint density at radius 3 is 2.38 bits per heavy atom. The van der Waals surface area contributed by atoms with Crippen LogP contribution in [0.3, 0.4) is 0 Å². The molecule has 2 aliphatic carbocycles. The lowest BCUT2D eigenvalue weighted by Crippen LogP contribution is -2.47. The zero-order valence-electron chi connectivity index (χ0n) is 10.8. The molecule has 0 aliphatic heterocycles. The molecule has 2 fully saturated rings. The van der Waals surface area contributed by atoms with E-state index < -0.39 is 0 Å². The molecule has 0 aromatic carbocycles. The van der Waals surface area contributed by atoms with Crippen LogP contribution in [-0.4, -0.2) is 18.6 Å². The molecule has 2 rings (SSSR count). The fourth-order valence-electron chi connectivity index (χ4n) is 3.64. The van der Waals surface area contributed by atoms with Crippen molar-refractivity contribution in [2.75, 3.05) is 6.54 Å². The van der Waals surface area contributed by atoms with Crippen molar-refractivity contribution in [1.29, 1.82) is 0 Å². The summed E-state index contributed by atoms with van der Waals surface area (Å²) in [6.07, 6.45) is 11.2. The van der Waals surface area contributed by atoms with Gasteiger partial charge in [-0.2, -0.15) is 0 Å². The summed E-state index contributed by atoms with van der Waals surface area (Å²) in [6, 6.07) is 1.41. The van der Waals surface area contributed by atoms with Crippen LogP contribution in [0.15, 0.2) is 0 Å². The minimum absolute atomic E-state index is 0.703. The predicted molar refractivity (Wildman–Crippen MR) is 69.4 cm³/mol. The molecule has 2 unspecified atom stereocenters. The predicted octanol–water partition coefficient (Wildman–Crippen LogP) is 2.67. The minimum atomic E-state index is 0.703. The summed E-state index contributed by atoms with van der Waals surface area (Å²) in [7, 11) is 0. The Balaban J connectivity index is 1.81. The van der Waals surface area contributed by atoms with Gasteiger partial charge in [0.2, 0.25) is 0 Å². The van der Waals surface area contributed by atoms with Gasteiger partial charge in [0.1, 0.15) is 0 Å². The van der Waals surface area contributed by atoms with Crippen molar-refractivity contribution in [1.82, 2.24) is 5.32 Å². The molecule has 3 atom stereocenters. The highest BCUT2D eigenvalue weighted by atomic mass is 15.0. The molecule has 16 heavy (non-hydrogen) atoms. The minimum Gasteiger partial charge on any atom is -0.330 e. The number of hydrogen-bond donors (Lipinski definition) is 2. The van der Waals surface area contributed by atoms with Crippen LogP contribution in [0.4, 0.5) is 0 Å². The maximum absolute atomic E-state index is 5.88. The molecular weight excluding hydrogens is 196 g/mol. The fourth-order valence-corrected chi connectivity index (χ4v) is 3.64. The van der Waals surface area contributed by atoms with E-state index in [2.05, 4.69) is 12.2 Å². The van der Waals surface area contributed by atoms with Gasteiger partial charge in [0.25, 0.3) is 0 Å². The molecule has 0 bridgehead atoms.